The fourth-order valence-corrected chi connectivity index (χ4v) is 3.23. The molecule has 126 valence electrons. The molecule has 1 aliphatic heterocycles. The number of anilines is 1. The molecule has 0 bridgehead atoms. The Morgan fingerprint density at radius 2 is 1.88 bits per heavy atom. The smallest absolute Gasteiger partial charge is 0.179 e. The van der Waals surface area contributed by atoms with Crippen LogP contribution in [0.15, 0.2) is 43.0 Å². The summed E-state index contributed by atoms with van der Waals surface area (Å²) in [6.07, 6.45) is 7.93. The highest BCUT2D eigenvalue weighted by molar-refractivity contribution is 5.52. The summed E-state index contributed by atoms with van der Waals surface area (Å²) in [5.41, 5.74) is 4.68. The van der Waals surface area contributed by atoms with Crippen LogP contribution in [-0.2, 0) is 13.0 Å². The summed E-state index contributed by atoms with van der Waals surface area (Å²) in [7, 11) is 1.71. The van der Waals surface area contributed by atoms with Crippen LogP contribution in [0.5, 0.6) is 5.75 Å². The molecule has 4 rings (SSSR count). The second-order valence-electron chi connectivity index (χ2n) is 6.09. The Kier molecular flexibility index (Phi) is 4.01. The molecule has 0 saturated heterocycles. The molecule has 0 saturated carbocycles. The monoisotopic (exact) mass is 333 g/mol. The van der Waals surface area contributed by atoms with Crippen LogP contribution in [0.3, 0.4) is 0 Å². The van der Waals surface area contributed by atoms with Crippen LogP contribution in [0.25, 0.3) is 11.5 Å². The minimum Gasteiger partial charge on any atom is -0.497 e. The molecule has 0 spiro atoms. The number of aryl methyl sites for hydroxylation is 1. The molecule has 3 heterocycles. The van der Waals surface area contributed by atoms with Crippen LogP contribution in [0.2, 0.25) is 0 Å². The van der Waals surface area contributed by atoms with Crippen LogP contribution in [-0.4, -0.2) is 33.6 Å². The van der Waals surface area contributed by atoms with E-state index in [1.54, 1.807) is 38.0 Å². The van der Waals surface area contributed by atoms with Gasteiger partial charge in [0, 0.05) is 25.5 Å². The Morgan fingerprint density at radius 1 is 1.04 bits per heavy atom. The molecular formula is C19H19N5O. The molecule has 0 unspecified atom stereocenters. The Hall–Kier alpha value is -3.02. The molecule has 0 atom stereocenters. The molecule has 0 radical (unpaired) electrons. The first kappa shape index (κ1) is 15.5. The summed E-state index contributed by atoms with van der Waals surface area (Å²) >= 11 is 0. The van der Waals surface area contributed by atoms with Crippen molar-refractivity contribution in [3.63, 3.8) is 0 Å². The van der Waals surface area contributed by atoms with Gasteiger partial charge >= 0.3 is 0 Å². The van der Waals surface area contributed by atoms with Gasteiger partial charge in [-0.25, -0.2) is 19.9 Å². The van der Waals surface area contributed by atoms with Crippen molar-refractivity contribution in [2.75, 3.05) is 18.6 Å². The Balaban J connectivity index is 1.58. The molecule has 1 aromatic carbocycles. The predicted molar refractivity (Wildman–Crippen MR) is 95.5 cm³/mol. The number of benzene rings is 1. The molecule has 2 aromatic heterocycles. The normalized spacial score (nSPS) is 13.4. The Bertz CT molecular complexity index is 880. The fraction of sp³-hybridized carbons (Fsp3) is 0.263. The zero-order valence-electron chi connectivity index (χ0n) is 14.3. The van der Waals surface area contributed by atoms with E-state index in [9.17, 15) is 0 Å². The summed E-state index contributed by atoms with van der Waals surface area (Å²) in [6, 6.07) is 6.00. The molecule has 0 fully saturated rings. The number of aromatic nitrogens is 4. The third kappa shape index (κ3) is 3.03. The largest absolute Gasteiger partial charge is 0.497 e. The number of nitrogens with zero attached hydrogens (tertiary/aromatic N) is 5. The van der Waals surface area contributed by atoms with Gasteiger partial charge in [-0.15, -0.1) is 0 Å². The van der Waals surface area contributed by atoms with Crippen molar-refractivity contribution in [3.05, 3.63) is 59.7 Å². The highest BCUT2D eigenvalue weighted by Gasteiger charge is 2.20. The summed E-state index contributed by atoms with van der Waals surface area (Å²) in [5, 5.41) is 0. The van der Waals surface area contributed by atoms with Gasteiger partial charge in [0.2, 0.25) is 0 Å². The lowest BCUT2D eigenvalue weighted by atomic mass is 9.95. The van der Waals surface area contributed by atoms with Crippen molar-refractivity contribution in [2.45, 2.75) is 19.9 Å². The van der Waals surface area contributed by atoms with Crippen LogP contribution in [0, 0.1) is 6.92 Å². The van der Waals surface area contributed by atoms with Crippen molar-refractivity contribution in [3.8, 4) is 17.3 Å². The van der Waals surface area contributed by atoms with E-state index in [2.05, 4.69) is 43.9 Å². The number of hydrogen-bond acceptors (Lipinski definition) is 6. The van der Waals surface area contributed by atoms with E-state index < -0.39 is 0 Å². The molecule has 25 heavy (non-hydrogen) atoms. The maximum absolute atomic E-state index is 5.41. The number of fused-ring (bicyclic) bond motifs is 1. The molecule has 1 aliphatic rings. The van der Waals surface area contributed by atoms with Gasteiger partial charge in [0.05, 0.1) is 19.5 Å². The van der Waals surface area contributed by atoms with E-state index in [4.69, 9.17) is 4.74 Å². The molecule has 3 aromatic rings. The summed E-state index contributed by atoms with van der Waals surface area (Å²) in [5.74, 6) is 2.36. The van der Waals surface area contributed by atoms with Crippen LogP contribution in [0.4, 0.5) is 5.82 Å². The van der Waals surface area contributed by atoms with Gasteiger partial charge < -0.3 is 9.64 Å². The minimum absolute atomic E-state index is 0.589. The first-order valence-corrected chi connectivity index (χ1v) is 8.25. The maximum atomic E-state index is 5.41. The summed E-state index contributed by atoms with van der Waals surface area (Å²) in [6.45, 7) is 3.88. The number of methoxy groups -OCH3 is 1. The van der Waals surface area contributed by atoms with Gasteiger partial charge in [0.1, 0.15) is 17.3 Å². The summed E-state index contributed by atoms with van der Waals surface area (Å²) < 4.78 is 5.41. The van der Waals surface area contributed by atoms with Crippen molar-refractivity contribution < 1.29 is 4.74 Å². The van der Waals surface area contributed by atoms with Crippen LogP contribution < -0.4 is 9.64 Å². The van der Waals surface area contributed by atoms with E-state index in [1.165, 1.54) is 16.7 Å². The second-order valence-corrected chi connectivity index (χ2v) is 6.09. The highest BCUT2D eigenvalue weighted by atomic mass is 16.5. The molecule has 6 heteroatoms. The lowest BCUT2D eigenvalue weighted by Crippen LogP contribution is -2.31. The zero-order chi connectivity index (χ0) is 17.2. The summed E-state index contributed by atoms with van der Waals surface area (Å²) in [4.78, 5) is 19.7. The Labute approximate surface area is 146 Å². The first-order chi connectivity index (χ1) is 12.2. The second kappa shape index (κ2) is 6.47. The molecular weight excluding hydrogens is 314 g/mol. The van der Waals surface area contributed by atoms with Gasteiger partial charge in [0.15, 0.2) is 5.82 Å². The third-order valence-electron chi connectivity index (χ3n) is 4.52. The van der Waals surface area contributed by atoms with Gasteiger partial charge in [-0.1, -0.05) is 0 Å². The van der Waals surface area contributed by atoms with Gasteiger partial charge in [-0.2, -0.15) is 0 Å². The van der Waals surface area contributed by atoms with E-state index in [1.807, 2.05) is 0 Å². The van der Waals surface area contributed by atoms with E-state index in [0.717, 1.165) is 31.1 Å². The fourth-order valence-electron chi connectivity index (χ4n) is 3.23. The van der Waals surface area contributed by atoms with Crippen LogP contribution >= 0.6 is 0 Å². The van der Waals surface area contributed by atoms with Crippen molar-refractivity contribution in [1.82, 2.24) is 19.9 Å². The predicted octanol–water partition coefficient (Wildman–Crippen LogP) is 2.81. The quantitative estimate of drug-likeness (QED) is 0.734. The molecule has 0 N–H and O–H groups in total. The topological polar surface area (TPSA) is 64.0 Å². The average molecular weight is 333 g/mol. The van der Waals surface area contributed by atoms with E-state index >= 15 is 0 Å². The number of hydrogen-bond donors (Lipinski definition) is 0. The maximum Gasteiger partial charge on any atom is 0.179 e. The standard InChI is InChI=1S/C19H19N5O/c1-13-8-15(25-2)9-14-12-24(7-4-16(13)14)18-11-22-17(10-23-18)19-20-5-3-6-21-19/h3,5-6,8-11H,4,7,12H2,1-2H3. The number of ether oxygens (including phenoxy) is 1. The first-order valence-electron chi connectivity index (χ1n) is 8.25. The zero-order valence-corrected chi connectivity index (χ0v) is 14.3. The van der Waals surface area contributed by atoms with Crippen molar-refractivity contribution >= 4 is 5.82 Å². The lowest BCUT2D eigenvalue weighted by Gasteiger charge is -2.30. The minimum atomic E-state index is 0.589. The lowest BCUT2D eigenvalue weighted by molar-refractivity contribution is 0.413. The van der Waals surface area contributed by atoms with Crippen molar-refractivity contribution in [2.24, 2.45) is 0 Å². The van der Waals surface area contributed by atoms with E-state index in [-0.39, 0.29) is 0 Å². The Morgan fingerprint density at radius 3 is 2.60 bits per heavy atom. The molecule has 0 amide bonds. The van der Waals surface area contributed by atoms with Gasteiger partial charge in [-0.3, -0.25) is 0 Å². The van der Waals surface area contributed by atoms with Gasteiger partial charge in [-0.05, 0) is 48.2 Å². The molecule has 6 nitrogen and oxygen atoms in total. The van der Waals surface area contributed by atoms with E-state index in [0.29, 0.717) is 11.5 Å². The number of rotatable bonds is 3. The highest BCUT2D eigenvalue weighted by Crippen LogP contribution is 2.29. The third-order valence-corrected chi connectivity index (χ3v) is 4.52. The van der Waals surface area contributed by atoms with Crippen molar-refractivity contribution in [1.29, 1.82) is 0 Å². The van der Waals surface area contributed by atoms with Gasteiger partial charge in [0.25, 0.3) is 0 Å². The average Bonchev–Trinajstić information content (AvgIpc) is 2.68. The SMILES string of the molecule is COc1cc(C)c2c(c1)CN(c1cnc(-c3ncccn3)cn1)CC2. The molecule has 0 aliphatic carbocycles. The van der Waals surface area contributed by atoms with Crippen LogP contribution in [0.1, 0.15) is 16.7 Å².